The number of H-pyrrole nitrogens is 1. The summed E-state index contributed by atoms with van der Waals surface area (Å²) in [6.07, 6.45) is 1.75. The molecule has 1 aromatic carbocycles. The minimum absolute atomic E-state index is 0.287. The first-order chi connectivity index (χ1) is 8.22. The van der Waals surface area contributed by atoms with E-state index < -0.39 is 0 Å². The molecule has 0 radical (unpaired) electrons. The van der Waals surface area contributed by atoms with E-state index in [0.717, 1.165) is 16.8 Å². The minimum Gasteiger partial charge on any atom is -0.462 e. The van der Waals surface area contributed by atoms with Gasteiger partial charge in [-0.25, -0.2) is 4.79 Å². The Bertz CT molecular complexity index is 529. The highest BCUT2D eigenvalue weighted by Gasteiger charge is 2.14. The number of benzene rings is 1. The second-order valence-corrected chi connectivity index (χ2v) is 3.86. The highest BCUT2D eigenvalue weighted by Crippen LogP contribution is 2.23. The van der Waals surface area contributed by atoms with Crippen LogP contribution in [0.5, 0.6) is 0 Å². The van der Waals surface area contributed by atoms with E-state index in [1.54, 1.807) is 19.2 Å². The van der Waals surface area contributed by atoms with Crippen LogP contribution in [0.25, 0.3) is 11.3 Å². The molecule has 0 aliphatic rings. The molecule has 0 aliphatic carbocycles. The number of esters is 1. The van der Waals surface area contributed by atoms with Gasteiger partial charge >= 0.3 is 5.97 Å². The summed E-state index contributed by atoms with van der Waals surface area (Å²) in [7, 11) is 0. The van der Waals surface area contributed by atoms with Gasteiger partial charge in [-0.1, -0.05) is 23.8 Å². The summed E-state index contributed by atoms with van der Waals surface area (Å²) < 4.78 is 5.02. The van der Waals surface area contributed by atoms with Crippen LogP contribution < -0.4 is 0 Å². The molecule has 3 heteroatoms. The smallest absolute Gasteiger partial charge is 0.340 e. The van der Waals surface area contributed by atoms with E-state index in [2.05, 4.69) is 4.98 Å². The zero-order valence-corrected chi connectivity index (χ0v) is 9.99. The maximum absolute atomic E-state index is 11.7. The Kier molecular flexibility index (Phi) is 3.28. The lowest BCUT2D eigenvalue weighted by atomic mass is 10.1. The van der Waals surface area contributed by atoms with Gasteiger partial charge in [-0.2, -0.15) is 0 Å². The topological polar surface area (TPSA) is 42.1 Å². The van der Waals surface area contributed by atoms with Crippen molar-refractivity contribution in [3.63, 3.8) is 0 Å². The Labute approximate surface area is 100 Å². The van der Waals surface area contributed by atoms with Crippen LogP contribution in [0.1, 0.15) is 22.8 Å². The summed E-state index contributed by atoms with van der Waals surface area (Å²) >= 11 is 0. The average molecular weight is 229 g/mol. The molecule has 2 rings (SSSR count). The second kappa shape index (κ2) is 4.87. The van der Waals surface area contributed by atoms with Gasteiger partial charge in [0.05, 0.1) is 17.9 Å². The molecular weight excluding hydrogens is 214 g/mol. The highest BCUT2D eigenvalue weighted by molar-refractivity contribution is 5.96. The van der Waals surface area contributed by atoms with E-state index in [1.807, 2.05) is 31.2 Å². The molecular formula is C14H15NO2. The molecule has 2 aromatic rings. The van der Waals surface area contributed by atoms with E-state index in [0.29, 0.717) is 12.2 Å². The van der Waals surface area contributed by atoms with Crippen molar-refractivity contribution in [1.82, 2.24) is 4.98 Å². The third-order valence-electron chi connectivity index (χ3n) is 2.55. The lowest BCUT2D eigenvalue weighted by Crippen LogP contribution is -2.04. The van der Waals surface area contributed by atoms with Crippen molar-refractivity contribution in [2.75, 3.05) is 6.61 Å². The van der Waals surface area contributed by atoms with Crippen molar-refractivity contribution in [3.05, 3.63) is 47.7 Å². The number of rotatable bonds is 3. The summed E-state index contributed by atoms with van der Waals surface area (Å²) in [6, 6.07) is 9.75. The number of aromatic amines is 1. The summed E-state index contributed by atoms with van der Waals surface area (Å²) in [5.41, 5.74) is 3.55. The van der Waals surface area contributed by atoms with E-state index in [1.165, 1.54) is 0 Å². The monoisotopic (exact) mass is 229 g/mol. The van der Waals surface area contributed by atoms with Crippen LogP contribution in [0.4, 0.5) is 0 Å². The fraction of sp³-hybridized carbons (Fsp3) is 0.214. The molecule has 3 nitrogen and oxygen atoms in total. The van der Waals surface area contributed by atoms with Crippen molar-refractivity contribution in [1.29, 1.82) is 0 Å². The summed E-state index contributed by atoms with van der Waals surface area (Å²) in [4.78, 5) is 14.8. The van der Waals surface area contributed by atoms with Crippen LogP contribution in [0, 0.1) is 6.92 Å². The Morgan fingerprint density at radius 1 is 1.35 bits per heavy atom. The largest absolute Gasteiger partial charge is 0.462 e. The van der Waals surface area contributed by atoms with Crippen LogP contribution in [0.15, 0.2) is 36.5 Å². The van der Waals surface area contributed by atoms with Crippen molar-refractivity contribution in [3.8, 4) is 11.3 Å². The molecule has 17 heavy (non-hydrogen) atoms. The highest BCUT2D eigenvalue weighted by atomic mass is 16.5. The second-order valence-electron chi connectivity index (χ2n) is 3.86. The van der Waals surface area contributed by atoms with Gasteiger partial charge < -0.3 is 9.72 Å². The molecule has 0 aliphatic heterocycles. The van der Waals surface area contributed by atoms with E-state index in [-0.39, 0.29) is 5.97 Å². The van der Waals surface area contributed by atoms with E-state index in [4.69, 9.17) is 4.74 Å². The first-order valence-corrected chi connectivity index (χ1v) is 5.64. The third kappa shape index (κ3) is 2.38. The first-order valence-electron chi connectivity index (χ1n) is 5.64. The van der Waals surface area contributed by atoms with Crippen LogP contribution in [-0.4, -0.2) is 17.6 Å². The molecule has 0 spiro atoms. The first kappa shape index (κ1) is 11.5. The normalized spacial score (nSPS) is 10.2. The Hall–Kier alpha value is -2.03. The van der Waals surface area contributed by atoms with Gasteiger partial charge in [-0.3, -0.25) is 0 Å². The SMILES string of the molecule is CCOC(=O)c1cc[nH]c1-c1cccc(C)c1. The number of hydrogen-bond acceptors (Lipinski definition) is 2. The molecule has 0 saturated heterocycles. The number of nitrogens with one attached hydrogen (secondary N) is 1. The number of aromatic nitrogens is 1. The molecule has 0 amide bonds. The molecule has 0 fully saturated rings. The van der Waals surface area contributed by atoms with Gasteiger partial charge in [0, 0.05) is 6.20 Å². The standard InChI is InChI=1S/C14H15NO2/c1-3-17-14(16)12-7-8-15-13(12)11-6-4-5-10(2)9-11/h4-9,15H,3H2,1-2H3. The zero-order valence-electron chi connectivity index (χ0n) is 9.99. The van der Waals surface area contributed by atoms with Gasteiger partial charge in [0.2, 0.25) is 0 Å². The van der Waals surface area contributed by atoms with Gasteiger partial charge in [-0.05, 0) is 31.5 Å². The van der Waals surface area contributed by atoms with Crippen molar-refractivity contribution < 1.29 is 9.53 Å². The van der Waals surface area contributed by atoms with Crippen molar-refractivity contribution in [2.45, 2.75) is 13.8 Å². The molecule has 0 saturated carbocycles. The Morgan fingerprint density at radius 3 is 2.88 bits per heavy atom. The number of carbonyl (C=O) groups excluding carboxylic acids is 1. The Balaban J connectivity index is 2.40. The molecule has 0 atom stereocenters. The number of ether oxygens (including phenoxy) is 1. The Morgan fingerprint density at radius 2 is 2.18 bits per heavy atom. The fourth-order valence-corrected chi connectivity index (χ4v) is 1.79. The van der Waals surface area contributed by atoms with E-state index >= 15 is 0 Å². The quantitative estimate of drug-likeness (QED) is 0.821. The van der Waals surface area contributed by atoms with Gasteiger partial charge in [0.15, 0.2) is 0 Å². The zero-order chi connectivity index (χ0) is 12.3. The van der Waals surface area contributed by atoms with Crippen LogP contribution in [0.2, 0.25) is 0 Å². The molecule has 1 aromatic heterocycles. The molecule has 1 N–H and O–H groups in total. The van der Waals surface area contributed by atoms with Gasteiger partial charge in [0.25, 0.3) is 0 Å². The number of carbonyl (C=O) groups is 1. The predicted molar refractivity (Wildman–Crippen MR) is 66.9 cm³/mol. The number of aryl methyl sites for hydroxylation is 1. The van der Waals surface area contributed by atoms with Crippen molar-refractivity contribution >= 4 is 5.97 Å². The molecule has 1 heterocycles. The fourth-order valence-electron chi connectivity index (χ4n) is 1.79. The van der Waals surface area contributed by atoms with Crippen LogP contribution in [-0.2, 0) is 4.74 Å². The maximum atomic E-state index is 11.7. The summed E-state index contributed by atoms with van der Waals surface area (Å²) in [5, 5.41) is 0. The minimum atomic E-state index is -0.287. The predicted octanol–water partition coefficient (Wildman–Crippen LogP) is 3.17. The lowest BCUT2D eigenvalue weighted by molar-refractivity contribution is 0.0527. The van der Waals surface area contributed by atoms with Gasteiger partial charge in [-0.15, -0.1) is 0 Å². The van der Waals surface area contributed by atoms with Gasteiger partial charge in [0.1, 0.15) is 0 Å². The molecule has 0 unspecified atom stereocenters. The maximum Gasteiger partial charge on any atom is 0.340 e. The third-order valence-corrected chi connectivity index (χ3v) is 2.55. The van der Waals surface area contributed by atoms with Crippen LogP contribution in [0.3, 0.4) is 0 Å². The van der Waals surface area contributed by atoms with Crippen molar-refractivity contribution in [2.24, 2.45) is 0 Å². The number of hydrogen-bond donors (Lipinski definition) is 1. The lowest BCUT2D eigenvalue weighted by Gasteiger charge is -2.05. The summed E-state index contributed by atoms with van der Waals surface area (Å²) in [5.74, 6) is -0.287. The summed E-state index contributed by atoms with van der Waals surface area (Å²) in [6.45, 7) is 4.21. The van der Waals surface area contributed by atoms with E-state index in [9.17, 15) is 4.79 Å². The van der Waals surface area contributed by atoms with Crippen LogP contribution >= 0.6 is 0 Å². The molecule has 88 valence electrons. The molecule has 0 bridgehead atoms. The average Bonchev–Trinajstić information content (AvgIpc) is 2.78.